The van der Waals surface area contributed by atoms with Crippen LogP contribution in [0.15, 0.2) is 34.9 Å². The largest absolute Gasteiger partial charge is 0.449 e. The normalized spacial score (nSPS) is 10.6. The van der Waals surface area contributed by atoms with Crippen LogP contribution in [-0.2, 0) is 9.53 Å². The molecule has 1 aromatic heterocycles. The van der Waals surface area contributed by atoms with Crippen molar-refractivity contribution < 1.29 is 13.9 Å². The molecule has 1 amide bonds. The molecule has 0 aliphatic rings. The van der Waals surface area contributed by atoms with Gasteiger partial charge in [-0.05, 0) is 12.1 Å². The number of carbonyl (C=O) groups is 1. The number of methoxy groups -OCH3 is 1. The van der Waals surface area contributed by atoms with Crippen LogP contribution in [0.25, 0.3) is 11.3 Å². The van der Waals surface area contributed by atoms with Gasteiger partial charge in [0, 0.05) is 31.8 Å². The van der Waals surface area contributed by atoms with Crippen LogP contribution in [0.4, 0.5) is 5.69 Å². The van der Waals surface area contributed by atoms with Gasteiger partial charge in [0.25, 0.3) is 0 Å². The Kier molecular flexibility index (Phi) is 5.48. The topological polar surface area (TPSA) is 76.4 Å². The highest BCUT2D eigenvalue weighted by atomic mass is 16.5. The van der Waals surface area contributed by atoms with Gasteiger partial charge >= 0.3 is 0 Å². The minimum Gasteiger partial charge on any atom is -0.449 e. The Balaban J connectivity index is 1.86. The van der Waals surface area contributed by atoms with Gasteiger partial charge in [0.2, 0.25) is 5.91 Å². The minimum absolute atomic E-state index is 0.0869. The Labute approximate surface area is 123 Å². The smallest absolute Gasteiger partial charge is 0.238 e. The van der Waals surface area contributed by atoms with E-state index in [2.05, 4.69) is 15.6 Å². The number of ether oxygens (including phenoxy) is 1. The van der Waals surface area contributed by atoms with Crippen molar-refractivity contribution in [1.82, 2.24) is 10.3 Å². The second-order valence-electron chi connectivity index (χ2n) is 4.55. The van der Waals surface area contributed by atoms with E-state index in [1.54, 1.807) is 20.3 Å². The molecule has 0 unspecified atom stereocenters. The maximum absolute atomic E-state index is 11.7. The Hall–Kier alpha value is -2.18. The Morgan fingerprint density at radius 3 is 2.71 bits per heavy atom. The molecule has 0 radical (unpaired) electrons. The van der Waals surface area contributed by atoms with E-state index in [1.165, 1.54) is 0 Å². The molecule has 6 nitrogen and oxygen atoms in total. The first kappa shape index (κ1) is 15.2. The van der Waals surface area contributed by atoms with Crippen molar-refractivity contribution in [1.29, 1.82) is 0 Å². The first-order chi connectivity index (χ1) is 10.2. The van der Waals surface area contributed by atoms with E-state index in [0.717, 1.165) is 16.9 Å². The van der Waals surface area contributed by atoms with Gasteiger partial charge in [0.15, 0.2) is 5.89 Å². The van der Waals surface area contributed by atoms with E-state index in [9.17, 15) is 4.79 Å². The lowest BCUT2D eigenvalue weighted by molar-refractivity contribution is -0.115. The van der Waals surface area contributed by atoms with E-state index in [0.29, 0.717) is 19.0 Å². The van der Waals surface area contributed by atoms with Gasteiger partial charge in [0.1, 0.15) is 12.0 Å². The van der Waals surface area contributed by atoms with Gasteiger partial charge in [-0.2, -0.15) is 0 Å². The summed E-state index contributed by atoms with van der Waals surface area (Å²) >= 11 is 0. The maximum Gasteiger partial charge on any atom is 0.238 e. The highest BCUT2D eigenvalue weighted by molar-refractivity contribution is 5.92. The summed E-state index contributed by atoms with van der Waals surface area (Å²) in [5, 5.41) is 5.80. The molecular weight excluding hydrogens is 270 g/mol. The van der Waals surface area contributed by atoms with Gasteiger partial charge in [0.05, 0.1) is 13.2 Å². The molecular formula is C15H19N3O3. The van der Waals surface area contributed by atoms with Gasteiger partial charge in [-0.3, -0.25) is 4.79 Å². The average molecular weight is 289 g/mol. The molecule has 2 aromatic rings. The van der Waals surface area contributed by atoms with Gasteiger partial charge in [-0.25, -0.2) is 4.98 Å². The van der Waals surface area contributed by atoms with Gasteiger partial charge in [-0.15, -0.1) is 0 Å². The van der Waals surface area contributed by atoms with E-state index in [4.69, 9.17) is 9.15 Å². The summed E-state index contributed by atoms with van der Waals surface area (Å²) < 4.78 is 10.1. The van der Waals surface area contributed by atoms with Crippen LogP contribution in [0, 0.1) is 6.92 Å². The lowest BCUT2D eigenvalue weighted by Crippen LogP contribution is -2.30. The van der Waals surface area contributed by atoms with Crippen molar-refractivity contribution in [2.45, 2.75) is 6.92 Å². The highest BCUT2D eigenvalue weighted by Crippen LogP contribution is 2.20. The number of rotatable bonds is 7. The summed E-state index contributed by atoms with van der Waals surface area (Å²) in [5.74, 6) is 0.542. The zero-order chi connectivity index (χ0) is 15.1. The summed E-state index contributed by atoms with van der Waals surface area (Å²) in [6, 6.07) is 7.47. The Morgan fingerprint density at radius 2 is 2.10 bits per heavy atom. The molecule has 112 valence electrons. The minimum atomic E-state index is -0.0869. The number of nitrogens with zero attached hydrogens (tertiary/aromatic N) is 1. The van der Waals surface area contributed by atoms with Crippen molar-refractivity contribution in [3.63, 3.8) is 0 Å². The third kappa shape index (κ3) is 4.70. The number of oxazole rings is 1. The SMILES string of the molecule is COCCNCC(=O)Nc1ccc(-c2coc(C)n2)cc1. The van der Waals surface area contributed by atoms with Crippen LogP contribution in [0.5, 0.6) is 0 Å². The second kappa shape index (κ2) is 7.56. The molecule has 0 bridgehead atoms. The second-order valence-corrected chi connectivity index (χ2v) is 4.55. The predicted octanol–water partition coefficient (Wildman–Crippen LogP) is 1.82. The van der Waals surface area contributed by atoms with Crippen molar-refractivity contribution >= 4 is 11.6 Å². The quantitative estimate of drug-likeness (QED) is 0.760. The predicted molar refractivity (Wildman–Crippen MR) is 80.1 cm³/mol. The average Bonchev–Trinajstić information content (AvgIpc) is 2.91. The number of aryl methyl sites for hydroxylation is 1. The fourth-order valence-electron chi connectivity index (χ4n) is 1.80. The molecule has 0 aliphatic heterocycles. The summed E-state index contributed by atoms with van der Waals surface area (Å²) in [6.45, 7) is 3.29. The summed E-state index contributed by atoms with van der Waals surface area (Å²) in [4.78, 5) is 15.9. The molecule has 0 aliphatic carbocycles. The van der Waals surface area contributed by atoms with E-state index >= 15 is 0 Å². The zero-order valence-electron chi connectivity index (χ0n) is 12.2. The number of benzene rings is 1. The number of carbonyl (C=O) groups excluding carboxylic acids is 1. The number of amides is 1. The fraction of sp³-hybridized carbons (Fsp3) is 0.333. The number of nitrogens with one attached hydrogen (secondary N) is 2. The van der Waals surface area contributed by atoms with E-state index in [-0.39, 0.29) is 12.5 Å². The van der Waals surface area contributed by atoms with Gasteiger partial charge < -0.3 is 19.8 Å². The molecule has 6 heteroatoms. The molecule has 0 atom stereocenters. The lowest BCUT2D eigenvalue weighted by atomic mass is 10.1. The summed E-state index contributed by atoms with van der Waals surface area (Å²) in [5.41, 5.74) is 2.48. The Morgan fingerprint density at radius 1 is 1.33 bits per heavy atom. The maximum atomic E-state index is 11.7. The van der Waals surface area contributed by atoms with E-state index < -0.39 is 0 Å². The van der Waals surface area contributed by atoms with Crippen molar-refractivity contribution in [2.75, 3.05) is 32.1 Å². The molecule has 1 aromatic carbocycles. The first-order valence-electron chi connectivity index (χ1n) is 6.71. The number of hydrogen-bond acceptors (Lipinski definition) is 5. The number of anilines is 1. The Bertz CT molecular complexity index is 578. The van der Waals surface area contributed by atoms with E-state index in [1.807, 2.05) is 24.3 Å². The molecule has 2 rings (SSSR count). The van der Waals surface area contributed by atoms with Crippen LogP contribution in [0.3, 0.4) is 0 Å². The zero-order valence-corrected chi connectivity index (χ0v) is 12.2. The highest BCUT2D eigenvalue weighted by Gasteiger charge is 2.05. The van der Waals surface area contributed by atoms with Crippen LogP contribution in [0.1, 0.15) is 5.89 Å². The molecule has 0 fully saturated rings. The van der Waals surface area contributed by atoms with Crippen molar-refractivity contribution in [3.8, 4) is 11.3 Å². The van der Waals surface area contributed by atoms with Crippen molar-refractivity contribution in [3.05, 3.63) is 36.4 Å². The molecule has 0 saturated heterocycles. The first-order valence-corrected chi connectivity index (χ1v) is 6.71. The molecule has 1 heterocycles. The number of hydrogen-bond donors (Lipinski definition) is 2. The molecule has 21 heavy (non-hydrogen) atoms. The monoisotopic (exact) mass is 289 g/mol. The van der Waals surface area contributed by atoms with Crippen LogP contribution < -0.4 is 10.6 Å². The molecule has 0 spiro atoms. The third-order valence-electron chi connectivity index (χ3n) is 2.85. The third-order valence-corrected chi connectivity index (χ3v) is 2.85. The standard InChI is InChI=1S/C15H19N3O3/c1-11-17-14(10-21-11)12-3-5-13(6-4-12)18-15(19)9-16-7-8-20-2/h3-6,10,16H,7-9H2,1-2H3,(H,18,19). The van der Waals surface area contributed by atoms with Crippen LogP contribution in [0.2, 0.25) is 0 Å². The molecule has 2 N–H and O–H groups in total. The van der Waals surface area contributed by atoms with Crippen molar-refractivity contribution in [2.24, 2.45) is 0 Å². The summed E-state index contributed by atoms with van der Waals surface area (Å²) in [6.07, 6.45) is 1.61. The number of aromatic nitrogens is 1. The summed E-state index contributed by atoms with van der Waals surface area (Å²) in [7, 11) is 1.62. The lowest BCUT2D eigenvalue weighted by Gasteiger charge is -2.07. The van der Waals surface area contributed by atoms with Crippen LogP contribution >= 0.6 is 0 Å². The fourth-order valence-corrected chi connectivity index (χ4v) is 1.80. The van der Waals surface area contributed by atoms with Gasteiger partial charge in [-0.1, -0.05) is 12.1 Å². The van der Waals surface area contributed by atoms with Crippen LogP contribution in [-0.4, -0.2) is 37.7 Å². The molecule has 0 saturated carbocycles.